The third-order valence-electron chi connectivity index (χ3n) is 3.50. The van der Waals surface area contributed by atoms with Crippen LogP contribution in [0.3, 0.4) is 0 Å². The molecule has 1 aliphatic heterocycles. The maximum atomic E-state index is 12.2. The summed E-state index contributed by atoms with van der Waals surface area (Å²) in [6.45, 7) is 1.62. The van der Waals surface area contributed by atoms with E-state index in [0.717, 1.165) is 0 Å². The number of thiol groups is 1. The molecule has 1 aliphatic rings. The number of nitrogens with one attached hydrogen (secondary N) is 2. The SMILES string of the molecule is CC(N)C(=O)NCC(=O)N1CCCC1C(=O)NC(CS)C(=O)O. The molecule has 1 fully saturated rings. The van der Waals surface area contributed by atoms with Crippen LogP contribution in [0, 0.1) is 0 Å². The summed E-state index contributed by atoms with van der Waals surface area (Å²) in [7, 11) is 0. The van der Waals surface area contributed by atoms with Gasteiger partial charge in [-0.2, -0.15) is 12.6 Å². The maximum Gasteiger partial charge on any atom is 0.327 e. The van der Waals surface area contributed by atoms with Gasteiger partial charge >= 0.3 is 5.97 Å². The molecule has 3 amide bonds. The molecule has 1 saturated heterocycles. The number of amides is 3. The molecule has 3 unspecified atom stereocenters. The molecule has 130 valence electrons. The Morgan fingerprint density at radius 3 is 2.57 bits per heavy atom. The van der Waals surface area contributed by atoms with Crippen LogP contribution in [-0.2, 0) is 19.2 Å². The summed E-state index contributed by atoms with van der Waals surface area (Å²) in [5, 5.41) is 13.7. The minimum Gasteiger partial charge on any atom is -0.480 e. The van der Waals surface area contributed by atoms with Gasteiger partial charge in [0.1, 0.15) is 12.1 Å². The molecule has 23 heavy (non-hydrogen) atoms. The summed E-state index contributed by atoms with van der Waals surface area (Å²) < 4.78 is 0. The molecule has 0 bridgehead atoms. The Kier molecular flexibility index (Phi) is 7.30. The van der Waals surface area contributed by atoms with Gasteiger partial charge < -0.3 is 26.4 Å². The summed E-state index contributed by atoms with van der Waals surface area (Å²) >= 11 is 3.87. The van der Waals surface area contributed by atoms with E-state index in [-0.39, 0.29) is 12.3 Å². The molecular formula is C13H22N4O5S. The maximum absolute atomic E-state index is 12.2. The van der Waals surface area contributed by atoms with Gasteiger partial charge in [-0.25, -0.2) is 4.79 Å². The van der Waals surface area contributed by atoms with Gasteiger partial charge in [0.05, 0.1) is 12.6 Å². The Balaban J connectivity index is 2.62. The largest absolute Gasteiger partial charge is 0.480 e. The second-order valence-electron chi connectivity index (χ2n) is 5.33. The molecule has 0 spiro atoms. The normalized spacial score (nSPS) is 19.8. The van der Waals surface area contributed by atoms with Gasteiger partial charge in [0.2, 0.25) is 17.7 Å². The fourth-order valence-electron chi connectivity index (χ4n) is 2.22. The Labute approximate surface area is 139 Å². The van der Waals surface area contributed by atoms with Gasteiger partial charge in [0.25, 0.3) is 0 Å². The standard InChI is InChI=1S/C13H22N4O5S/c1-7(14)11(19)15-5-10(18)17-4-2-3-9(17)12(20)16-8(6-23)13(21)22/h7-9,23H,2-6,14H2,1H3,(H,15,19)(H,16,20)(H,21,22). The molecule has 0 aliphatic carbocycles. The van der Waals surface area contributed by atoms with Crippen LogP contribution in [0.5, 0.6) is 0 Å². The van der Waals surface area contributed by atoms with E-state index < -0.39 is 41.8 Å². The van der Waals surface area contributed by atoms with E-state index in [2.05, 4.69) is 23.3 Å². The molecule has 3 atom stereocenters. The molecule has 1 rings (SSSR count). The zero-order chi connectivity index (χ0) is 17.6. The molecular weight excluding hydrogens is 324 g/mol. The summed E-state index contributed by atoms with van der Waals surface area (Å²) in [4.78, 5) is 48.0. The van der Waals surface area contributed by atoms with Gasteiger partial charge in [0, 0.05) is 12.3 Å². The Morgan fingerprint density at radius 2 is 2.04 bits per heavy atom. The van der Waals surface area contributed by atoms with E-state index in [1.165, 1.54) is 11.8 Å². The van der Waals surface area contributed by atoms with E-state index in [1.807, 2.05) is 0 Å². The van der Waals surface area contributed by atoms with Crippen molar-refractivity contribution in [3.05, 3.63) is 0 Å². The number of aliphatic carboxylic acids is 1. The first kappa shape index (κ1) is 19.2. The van der Waals surface area contributed by atoms with Crippen molar-refractivity contribution >= 4 is 36.3 Å². The molecule has 0 saturated carbocycles. The van der Waals surface area contributed by atoms with E-state index in [9.17, 15) is 19.2 Å². The molecule has 5 N–H and O–H groups in total. The first-order valence-electron chi connectivity index (χ1n) is 7.24. The van der Waals surface area contributed by atoms with Crippen molar-refractivity contribution in [3.63, 3.8) is 0 Å². The Bertz CT molecular complexity index is 485. The van der Waals surface area contributed by atoms with Crippen molar-refractivity contribution < 1.29 is 24.3 Å². The number of carboxylic acid groups (broad SMARTS) is 1. The number of carbonyl (C=O) groups excluding carboxylic acids is 3. The van der Waals surface area contributed by atoms with Crippen LogP contribution >= 0.6 is 12.6 Å². The van der Waals surface area contributed by atoms with Crippen molar-refractivity contribution in [2.75, 3.05) is 18.8 Å². The van der Waals surface area contributed by atoms with Crippen LogP contribution in [0.15, 0.2) is 0 Å². The fourth-order valence-corrected chi connectivity index (χ4v) is 2.46. The van der Waals surface area contributed by atoms with Crippen LogP contribution in [-0.4, -0.2) is 70.7 Å². The van der Waals surface area contributed by atoms with Gasteiger partial charge in [-0.05, 0) is 19.8 Å². The van der Waals surface area contributed by atoms with Crippen molar-refractivity contribution in [1.29, 1.82) is 0 Å². The third kappa shape index (κ3) is 5.39. The fraction of sp³-hybridized carbons (Fsp3) is 0.692. The molecule has 0 aromatic carbocycles. The number of hydrogen-bond donors (Lipinski definition) is 5. The number of hydrogen-bond acceptors (Lipinski definition) is 6. The van der Waals surface area contributed by atoms with E-state index in [1.54, 1.807) is 0 Å². The van der Waals surface area contributed by atoms with E-state index in [4.69, 9.17) is 10.8 Å². The summed E-state index contributed by atoms with van der Waals surface area (Å²) in [6, 6.07) is -2.58. The van der Waals surface area contributed by atoms with Gasteiger partial charge in [0.15, 0.2) is 0 Å². The number of carboxylic acids is 1. The van der Waals surface area contributed by atoms with Crippen LogP contribution in [0.2, 0.25) is 0 Å². The van der Waals surface area contributed by atoms with Crippen molar-refractivity contribution in [1.82, 2.24) is 15.5 Å². The van der Waals surface area contributed by atoms with Gasteiger partial charge in [-0.3, -0.25) is 14.4 Å². The predicted molar refractivity (Wildman–Crippen MR) is 84.8 cm³/mol. The minimum absolute atomic E-state index is 0.0494. The smallest absolute Gasteiger partial charge is 0.327 e. The van der Waals surface area contributed by atoms with E-state index >= 15 is 0 Å². The van der Waals surface area contributed by atoms with Crippen LogP contribution in [0.1, 0.15) is 19.8 Å². The van der Waals surface area contributed by atoms with Gasteiger partial charge in [-0.15, -0.1) is 0 Å². The molecule has 0 aromatic rings. The quantitative estimate of drug-likeness (QED) is 0.336. The van der Waals surface area contributed by atoms with Crippen molar-refractivity contribution in [2.24, 2.45) is 5.73 Å². The molecule has 0 radical (unpaired) electrons. The lowest BCUT2D eigenvalue weighted by molar-refractivity contribution is -0.143. The second-order valence-corrected chi connectivity index (χ2v) is 5.70. The number of likely N-dealkylation sites (tertiary alicyclic amines) is 1. The zero-order valence-corrected chi connectivity index (χ0v) is 13.7. The number of rotatable bonds is 7. The first-order chi connectivity index (χ1) is 10.8. The summed E-state index contributed by atoms with van der Waals surface area (Å²) in [6.07, 6.45) is 1.07. The molecule has 1 heterocycles. The highest BCUT2D eigenvalue weighted by Crippen LogP contribution is 2.17. The molecule has 10 heteroatoms. The van der Waals surface area contributed by atoms with Crippen LogP contribution in [0.25, 0.3) is 0 Å². The monoisotopic (exact) mass is 346 g/mol. The molecule has 9 nitrogen and oxygen atoms in total. The lowest BCUT2D eigenvalue weighted by Crippen LogP contribution is -2.53. The molecule has 0 aromatic heterocycles. The van der Waals surface area contributed by atoms with Gasteiger partial charge in [-0.1, -0.05) is 0 Å². The third-order valence-corrected chi connectivity index (χ3v) is 3.87. The summed E-state index contributed by atoms with van der Waals surface area (Å²) in [5.74, 6) is -2.63. The highest BCUT2D eigenvalue weighted by atomic mass is 32.1. The van der Waals surface area contributed by atoms with Crippen LogP contribution < -0.4 is 16.4 Å². The first-order valence-corrected chi connectivity index (χ1v) is 7.88. The lowest BCUT2D eigenvalue weighted by atomic mass is 10.2. The number of carbonyl (C=O) groups is 4. The topological polar surface area (TPSA) is 142 Å². The number of nitrogens with two attached hydrogens (primary N) is 1. The zero-order valence-electron chi connectivity index (χ0n) is 12.8. The average Bonchev–Trinajstić information content (AvgIpc) is 2.98. The Hall–Kier alpha value is -1.81. The highest BCUT2D eigenvalue weighted by molar-refractivity contribution is 7.80. The second kappa shape index (κ2) is 8.73. The van der Waals surface area contributed by atoms with Crippen molar-refractivity contribution in [3.8, 4) is 0 Å². The predicted octanol–water partition coefficient (Wildman–Crippen LogP) is -2.06. The summed E-state index contributed by atoms with van der Waals surface area (Å²) in [5.41, 5.74) is 5.39. The minimum atomic E-state index is -1.19. The number of nitrogens with zero attached hydrogens (tertiary/aromatic N) is 1. The Morgan fingerprint density at radius 1 is 1.39 bits per heavy atom. The van der Waals surface area contributed by atoms with Crippen LogP contribution in [0.4, 0.5) is 0 Å². The average molecular weight is 346 g/mol. The lowest BCUT2D eigenvalue weighted by Gasteiger charge is -2.25. The van der Waals surface area contributed by atoms with E-state index in [0.29, 0.717) is 19.4 Å². The van der Waals surface area contributed by atoms with Crippen molar-refractivity contribution in [2.45, 2.75) is 37.9 Å². The highest BCUT2D eigenvalue weighted by Gasteiger charge is 2.35.